The van der Waals surface area contributed by atoms with Gasteiger partial charge in [-0.2, -0.15) is 0 Å². The number of ether oxygens (including phenoxy) is 2. The molecule has 20 heavy (non-hydrogen) atoms. The van der Waals surface area contributed by atoms with E-state index in [9.17, 15) is 0 Å². The molecule has 2 aromatic rings. The third-order valence-electron chi connectivity index (χ3n) is 2.81. The molecule has 0 saturated carbocycles. The number of benzene rings is 2. The van der Waals surface area contributed by atoms with E-state index in [4.69, 9.17) is 9.47 Å². The van der Waals surface area contributed by atoms with E-state index in [2.05, 4.69) is 44.6 Å². The Morgan fingerprint density at radius 1 is 0.950 bits per heavy atom. The van der Waals surface area contributed by atoms with Gasteiger partial charge < -0.3 is 9.47 Å². The number of hydrogen-bond donors (Lipinski definition) is 0. The third kappa shape index (κ3) is 4.75. The molecule has 2 rings (SSSR count). The highest BCUT2D eigenvalue weighted by atomic mass is 127. The molecule has 0 aromatic heterocycles. The van der Waals surface area contributed by atoms with E-state index in [0.29, 0.717) is 13.2 Å². The summed E-state index contributed by atoms with van der Waals surface area (Å²) in [7, 11) is 0. The smallest absolute Gasteiger partial charge is 0.119 e. The zero-order valence-electron chi connectivity index (χ0n) is 11.0. The zero-order chi connectivity index (χ0) is 14.2. The van der Waals surface area contributed by atoms with Crippen molar-refractivity contribution in [3.05, 3.63) is 64.6 Å². The molecule has 1 unspecified atom stereocenters. The summed E-state index contributed by atoms with van der Waals surface area (Å²) >= 11 is 5.92. The van der Waals surface area contributed by atoms with Crippen LogP contribution < -0.4 is 4.74 Å². The minimum atomic E-state index is 0.0885. The minimum absolute atomic E-state index is 0.0885. The standard InChI is InChI=1S/C16H16BrIO2/c17-15-9-5-4-8-14(15)16(12-18)20-11-10-19-13-6-2-1-3-7-13/h1-9,16H,10-12H2. The number of alkyl halides is 1. The molecule has 2 nitrogen and oxygen atoms in total. The highest BCUT2D eigenvalue weighted by Crippen LogP contribution is 2.27. The average Bonchev–Trinajstić information content (AvgIpc) is 2.50. The van der Waals surface area contributed by atoms with E-state index in [1.807, 2.05) is 48.5 Å². The monoisotopic (exact) mass is 446 g/mol. The Morgan fingerprint density at radius 3 is 2.35 bits per heavy atom. The van der Waals surface area contributed by atoms with Crippen LogP contribution in [-0.2, 0) is 4.74 Å². The topological polar surface area (TPSA) is 18.5 Å². The molecule has 0 bridgehead atoms. The second-order valence-electron chi connectivity index (χ2n) is 4.20. The Labute approximate surface area is 141 Å². The molecule has 0 saturated heterocycles. The fourth-order valence-electron chi connectivity index (χ4n) is 1.82. The van der Waals surface area contributed by atoms with Gasteiger partial charge in [-0.25, -0.2) is 0 Å². The number of hydrogen-bond acceptors (Lipinski definition) is 2. The lowest BCUT2D eigenvalue weighted by atomic mass is 10.1. The first-order valence-electron chi connectivity index (χ1n) is 6.41. The Balaban J connectivity index is 1.81. The minimum Gasteiger partial charge on any atom is -0.491 e. The van der Waals surface area contributed by atoms with Gasteiger partial charge in [-0.15, -0.1) is 0 Å². The second-order valence-corrected chi connectivity index (χ2v) is 5.93. The quantitative estimate of drug-likeness (QED) is 0.337. The number of halogens is 2. The maximum atomic E-state index is 5.92. The molecule has 0 aliphatic rings. The van der Waals surface area contributed by atoms with Gasteiger partial charge in [-0.1, -0.05) is 74.9 Å². The molecule has 2 aromatic carbocycles. The molecule has 0 spiro atoms. The van der Waals surface area contributed by atoms with Crippen LogP contribution in [0.1, 0.15) is 11.7 Å². The number of rotatable bonds is 7. The van der Waals surface area contributed by atoms with Crippen LogP contribution in [0, 0.1) is 0 Å². The van der Waals surface area contributed by atoms with Crippen LogP contribution in [0.2, 0.25) is 0 Å². The van der Waals surface area contributed by atoms with Crippen molar-refractivity contribution in [1.29, 1.82) is 0 Å². The highest BCUT2D eigenvalue weighted by molar-refractivity contribution is 14.1. The summed E-state index contributed by atoms with van der Waals surface area (Å²) in [5.74, 6) is 0.878. The van der Waals surface area contributed by atoms with E-state index < -0.39 is 0 Å². The summed E-state index contributed by atoms with van der Waals surface area (Å²) in [6.45, 7) is 1.13. The molecule has 0 N–H and O–H groups in total. The van der Waals surface area contributed by atoms with Crippen molar-refractivity contribution in [2.75, 3.05) is 17.6 Å². The van der Waals surface area contributed by atoms with E-state index in [1.165, 1.54) is 5.56 Å². The van der Waals surface area contributed by atoms with Gasteiger partial charge in [0.05, 0.1) is 12.7 Å². The van der Waals surface area contributed by atoms with Crippen LogP contribution in [0.5, 0.6) is 5.75 Å². The predicted molar refractivity (Wildman–Crippen MR) is 93.7 cm³/mol. The summed E-state index contributed by atoms with van der Waals surface area (Å²) in [4.78, 5) is 0. The molecule has 0 amide bonds. The maximum absolute atomic E-state index is 5.92. The van der Waals surface area contributed by atoms with Crippen molar-refractivity contribution in [3.8, 4) is 5.75 Å². The van der Waals surface area contributed by atoms with Gasteiger partial charge in [0.25, 0.3) is 0 Å². The van der Waals surface area contributed by atoms with Gasteiger partial charge in [0.15, 0.2) is 0 Å². The Hall–Kier alpha value is -0.590. The summed E-state index contributed by atoms with van der Waals surface area (Å²) in [6.07, 6.45) is 0.0885. The first kappa shape index (κ1) is 15.8. The van der Waals surface area contributed by atoms with Gasteiger partial charge in [-0.05, 0) is 23.8 Å². The molecular weight excluding hydrogens is 431 g/mol. The lowest BCUT2D eigenvalue weighted by Gasteiger charge is -2.17. The van der Waals surface area contributed by atoms with Crippen LogP contribution in [0.15, 0.2) is 59.1 Å². The van der Waals surface area contributed by atoms with Crippen molar-refractivity contribution in [1.82, 2.24) is 0 Å². The van der Waals surface area contributed by atoms with Crippen LogP contribution in [0.3, 0.4) is 0 Å². The van der Waals surface area contributed by atoms with E-state index in [-0.39, 0.29) is 6.10 Å². The summed E-state index contributed by atoms with van der Waals surface area (Å²) < 4.78 is 13.5. The fourth-order valence-corrected chi connectivity index (χ4v) is 3.09. The van der Waals surface area contributed by atoms with Crippen molar-refractivity contribution < 1.29 is 9.47 Å². The predicted octanol–water partition coefficient (Wildman–Crippen LogP) is 5.02. The molecular formula is C16H16BrIO2. The van der Waals surface area contributed by atoms with Gasteiger partial charge in [0, 0.05) is 8.90 Å². The first-order chi connectivity index (χ1) is 9.81. The average molecular weight is 447 g/mol. The second kappa shape index (κ2) is 8.64. The Kier molecular flexibility index (Phi) is 6.82. The molecule has 0 heterocycles. The Morgan fingerprint density at radius 2 is 1.65 bits per heavy atom. The summed E-state index contributed by atoms with van der Waals surface area (Å²) in [6, 6.07) is 18.0. The summed E-state index contributed by atoms with van der Waals surface area (Å²) in [5, 5.41) is 0. The largest absolute Gasteiger partial charge is 0.491 e. The number of para-hydroxylation sites is 1. The van der Waals surface area contributed by atoms with Crippen molar-refractivity contribution >= 4 is 38.5 Å². The maximum Gasteiger partial charge on any atom is 0.119 e. The van der Waals surface area contributed by atoms with Crippen LogP contribution in [0.25, 0.3) is 0 Å². The molecule has 0 aliphatic heterocycles. The third-order valence-corrected chi connectivity index (χ3v) is 4.33. The molecule has 1 atom stereocenters. The fraction of sp³-hybridized carbons (Fsp3) is 0.250. The molecule has 0 fully saturated rings. The van der Waals surface area contributed by atoms with Crippen LogP contribution in [-0.4, -0.2) is 17.6 Å². The molecule has 0 aliphatic carbocycles. The van der Waals surface area contributed by atoms with Crippen LogP contribution in [0.4, 0.5) is 0 Å². The summed E-state index contributed by atoms with van der Waals surface area (Å²) in [5.41, 5.74) is 1.18. The normalized spacial score (nSPS) is 12.1. The Bertz CT molecular complexity index is 519. The van der Waals surface area contributed by atoms with E-state index >= 15 is 0 Å². The molecule has 4 heteroatoms. The van der Waals surface area contributed by atoms with E-state index in [1.54, 1.807) is 0 Å². The lowest BCUT2D eigenvalue weighted by molar-refractivity contribution is 0.0480. The van der Waals surface area contributed by atoms with E-state index in [0.717, 1.165) is 14.6 Å². The lowest BCUT2D eigenvalue weighted by Crippen LogP contribution is -2.12. The van der Waals surface area contributed by atoms with Gasteiger partial charge >= 0.3 is 0 Å². The van der Waals surface area contributed by atoms with Gasteiger partial charge in [0.2, 0.25) is 0 Å². The van der Waals surface area contributed by atoms with Crippen LogP contribution >= 0.6 is 38.5 Å². The first-order valence-corrected chi connectivity index (χ1v) is 8.73. The molecule has 106 valence electrons. The van der Waals surface area contributed by atoms with Crippen molar-refractivity contribution in [2.24, 2.45) is 0 Å². The van der Waals surface area contributed by atoms with Gasteiger partial charge in [-0.3, -0.25) is 0 Å². The van der Waals surface area contributed by atoms with Gasteiger partial charge in [0.1, 0.15) is 12.4 Å². The van der Waals surface area contributed by atoms with Crippen molar-refractivity contribution in [3.63, 3.8) is 0 Å². The van der Waals surface area contributed by atoms with Crippen molar-refractivity contribution in [2.45, 2.75) is 6.10 Å². The SMILES string of the molecule is Brc1ccccc1C(CI)OCCOc1ccccc1. The highest BCUT2D eigenvalue weighted by Gasteiger charge is 2.13. The molecule has 0 radical (unpaired) electrons. The zero-order valence-corrected chi connectivity index (χ0v) is 14.7.